The molecule has 1 aromatic carbocycles. The molecule has 1 N–H and O–H groups in total. The number of ether oxygens (including phenoxy) is 1. The van der Waals surface area contributed by atoms with Crippen LogP contribution in [-0.2, 0) is 4.79 Å². The zero-order valence-corrected chi connectivity index (χ0v) is 17.0. The van der Waals surface area contributed by atoms with Crippen LogP contribution >= 0.6 is 12.4 Å². The lowest BCUT2D eigenvalue weighted by atomic mass is 10.0. The Morgan fingerprint density at radius 2 is 2.00 bits per heavy atom. The predicted molar refractivity (Wildman–Crippen MR) is 107 cm³/mol. The van der Waals surface area contributed by atoms with Gasteiger partial charge < -0.3 is 15.0 Å². The van der Waals surface area contributed by atoms with Gasteiger partial charge in [-0.1, -0.05) is 26.0 Å². The van der Waals surface area contributed by atoms with E-state index in [4.69, 9.17) is 4.74 Å². The number of piperazine rings is 1. The van der Waals surface area contributed by atoms with E-state index in [2.05, 4.69) is 43.1 Å². The lowest BCUT2D eigenvalue weighted by Crippen LogP contribution is -2.49. The Kier molecular flexibility index (Phi) is 7.74. The van der Waals surface area contributed by atoms with Crippen LogP contribution in [0.4, 0.5) is 0 Å². The molecule has 26 heavy (non-hydrogen) atoms. The fraction of sp³-hybridized carbons (Fsp3) is 0.650. The number of nitrogens with one attached hydrogen (secondary N) is 1. The van der Waals surface area contributed by atoms with Crippen molar-refractivity contribution in [3.63, 3.8) is 0 Å². The number of rotatable bonds is 5. The van der Waals surface area contributed by atoms with Gasteiger partial charge in [0.25, 0.3) is 5.91 Å². The van der Waals surface area contributed by atoms with E-state index in [1.165, 1.54) is 5.56 Å². The zero-order valence-electron chi connectivity index (χ0n) is 16.2. The third-order valence-electron chi connectivity index (χ3n) is 5.33. The quantitative estimate of drug-likeness (QED) is 0.850. The van der Waals surface area contributed by atoms with Crippen LogP contribution in [0.25, 0.3) is 0 Å². The molecule has 1 aromatic rings. The minimum Gasteiger partial charge on any atom is -0.483 e. The second-order valence-electron chi connectivity index (χ2n) is 7.55. The van der Waals surface area contributed by atoms with Crippen molar-refractivity contribution in [3.8, 4) is 5.75 Å². The van der Waals surface area contributed by atoms with Crippen LogP contribution in [0.1, 0.15) is 37.3 Å². The molecule has 0 saturated carbocycles. The molecule has 0 bridgehead atoms. The fourth-order valence-electron chi connectivity index (χ4n) is 3.79. The van der Waals surface area contributed by atoms with Crippen molar-refractivity contribution in [3.05, 3.63) is 29.3 Å². The molecule has 1 amide bonds. The van der Waals surface area contributed by atoms with Gasteiger partial charge >= 0.3 is 0 Å². The average molecular weight is 382 g/mol. The van der Waals surface area contributed by atoms with Crippen LogP contribution in [0.2, 0.25) is 0 Å². The maximum absolute atomic E-state index is 12.6. The van der Waals surface area contributed by atoms with Crippen LogP contribution in [0.5, 0.6) is 5.75 Å². The number of benzene rings is 1. The highest BCUT2D eigenvalue weighted by atomic mass is 35.5. The molecule has 0 aromatic heterocycles. The monoisotopic (exact) mass is 381 g/mol. The Hall–Kier alpha value is -1.30. The molecular formula is C20H32ClN3O2. The van der Waals surface area contributed by atoms with Gasteiger partial charge in [0, 0.05) is 45.3 Å². The Balaban J connectivity index is 0.00000243. The summed E-state index contributed by atoms with van der Waals surface area (Å²) in [6.07, 6.45) is 1.08. The number of likely N-dealkylation sites (tertiary alicyclic amines) is 1. The van der Waals surface area contributed by atoms with E-state index in [0.29, 0.717) is 12.0 Å². The van der Waals surface area contributed by atoms with Gasteiger partial charge in [0.2, 0.25) is 0 Å². The number of aryl methyl sites for hydroxylation is 1. The van der Waals surface area contributed by atoms with Crippen LogP contribution in [0.3, 0.4) is 0 Å². The zero-order chi connectivity index (χ0) is 17.8. The van der Waals surface area contributed by atoms with Gasteiger partial charge in [-0.2, -0.15) is 0 Å². The molecule has 146 valence electrons. The average Bonchev–Trinajstić information content (AvgIpc) is 3.10. The molecule has 6 heteroatoms. The first-order valence-corrected chi connectivity index (χ1v) is 9.50. The number of amides is 1. The molecule has 2 aliphatic heterocycles. The van der Waals surface area contributed by atoms with E-state index in [-0.39, 0.29) is 24.9 Å². The largest absolute Gasteiger partial charge is 0.483 e. The maximum Gasteiger partial charge on any atom is 0.260 e. The molecule has 3 rings (SSSR count). The molecule has 1 atom stereocenters. The molecule has 0 radical (unpaired) electrons. The second kappa shape index (κ2) is 9.58. The van der Waals surface area contributed by atoms with Crippen LogP contribution in [0, 0.1) is 6.92 Å². The van der Waals surface area contributed by atoms with Gasteiger partial charge in [0.15, 0.2) is 6.61 Å². The van der Waals surface area contributed by atoms with Crippen molar-refractivity contribution >= 4 is 18.3 Å². The van der Waals surface area contributed by atoms with E-state index < -0.39 is 0 Å². The highest BCUT2D eigenvalue weighted by Gasteiger charge is 2.31. The lowest BCUT2D eigenvalue weighted by molar-refractivity contribution is -0.132. The summed E-state index contributed by atoms with van der Waals surface area (Å²) in [7, 11) is 0. The van der Waals surface area contributed by atoms with E-state index in [1.807, 2.05) is 11.0 Å². The standard InChI is InChI=1S/C20H31N3O2.ClH/c1-15(2)18-5-4-16(3)12-19(18)25-14-20(24)23-9-6-17(13-23)22-10-7-21-8-11-22;/h4-5,12,15,17,21H,6-11,13-14H2,1-3H3;1H. The molecule has 0 aliphatic carbocycles. The highest BCUT2D eigenvalue weighted by molar-refractivity contribution is 5.85. The minimum atomic E-state index is 0. The molecule has 1 unspecified atom stereocenters. The van der Waals surface area contributed by atoms with Crippen molar-refractivity contribution in [2.75, 3.05) is 45.9 Å². The minimum absolute atomic E-state index is 0. The van der Waals surface area contributed by atoms with E-state index in [1.54, 1.807) is 0 Å². The normalized spacial score (nSPS) is 20.9. The number of carbonyl (C=O) groups is 1. The lowest BCUT2D eigenvalue weighted by Gasteiger charge is -2.32. The van der Waals surface area contributed by atoms with Gasteiger partial charge in [0.05, 0.1) is 0 Å². The molecule has 5 nitrogen and oxygen atoms in total. The first-order valence-electron chi connectivity index (χ1n) is 9.50. The summed E-state index contributed by atoms with van der Waals surface area (Å²) in [6.45, 7) is 12.5. The molecule has 2 heterocycles. The number of halogens is 1. The summed E-state index contributed by atoms with van der Waals surface area (Å²) >= 11 is 0. The smallest absolute Gasteiger partial charge is 0.260 e. The molecule has 2 aliphatic rings. The predicted octanol–water partition coefficient (Wildman–Crippen LogP) is 2.43. The SMILES string of the molecule is Cc1ccc(C(C)C)c(OCC(=O)N2CCC(N3CCNCC3)C2)c1.Cl. The number of hydrogen-bond acceptors (Lipinski definition) is 4. The van der Waals surface area contributed by atoms with E-state index in [9.17, 15) is 4.79 Å². The summed E-state index contributed by atoms with van der Waals surface area (Å²) in [6, 6.07) is 6.76. The van der Waals surface area contributed by atoms with Crippen LogP contribution < -0.4 is 10.1 Å². The van der Waals surface area contributed by atoms with E-state index >= 15 is 0 Å². The third kappa shape index (κ3) is 5.12. The van der Waals surface area contributed by atoms with Gasteiger partial charge in [-0.05, 0) is 36.5 Å². The Labute approximate surface area is 163 Å². The van der Waals surface area contributed by atoms with Crippen molar-refractivity contribution in [1.29, 1.82) is 0 Å². The maximum atomic E-state index is 12.6. The van der Waals surface area contributed by atoms with E-state index in [0.717, 1.165) is 57.0 Å². The Bertz CT molecular complexity index is 603. The summed E-state index contributed by atoms with van der Waals surface area (Å²) in [5.41, 5.74) is 2.32. The Morgan fingerprint density at radius 1 is 1.27 bits per heavy atom. The van der Waals surface area contributed by atoms with Gasteiger partial charge in [-0.25, -0.2) is 0 Å². The van der Waals surface area contributed by atoms with Crippen LogP contribution in [0.15, 0.2) is 18.2 Å². The van der Waals surface area contributed by atoms with Gasteiger partial charge in [0.1, 0.15) is 5.75 Å². The summed E-state index contributed by atoms with van der Waals surface area (Å²) in [4.78, 5) is 17.1. The van der Waals surface area contributed by atoms with Gasteiger partial charge in [-0.15, -0.1) is 12.4 Å². The van der Waals surface area contributed by atoms with Crippen molar-refractivity contribution in [2.24, 2.45) is 0 Å². The molecule has 2 saturated heterocycles. The fourth-order valence-corrected chi connectivity index (χ4v) is 3.79. The summed E-state index contributed by atoms with van der Waals surface area (Å²) in [5.74, 6) is 1.34. The first-order chi connectivity index (χ1) is 12.0. The first kappa shape index (κ1) is 21.0. The van der Waals surface area contributed by atoms with Crippen molar-refractivity contribution in [2.45, 2.75) is 39.2 Å². The van der Waals surface area contributed by atoms with Crippen molar-refractivity contribution < 1.29 is 9.53 Å². The number of carbonyl (C=O) groups excluding carboxylic acids is 1. The highest BCUT2D eigenvalue weighted by Crippen LogP contribution is 2.27. The van der Waals surface area contributed by atoms with Crippen LogP contribution in [-0.4, -0.2) is 67.6 Å². The van der Waals surface area contributed by atoms with Crippen molar-refractivity contribution in [1.82, 2.24) is 15.1 Å². The third-order valence-corrected chi connectivity index (χ3v) is 5.33. The second-order valence-corrected chi connectivity index (χ2v) is 7.55. The topological polar surface area (TPSA) is 44.8 Å². The number of nitrogens with zero attached hydrogens (tertiary/aromatic N) is 2. The summed E-state index contributed by atoms with van der Waals surface area (Å²) < 4.78 is 5.92. The molecule has 0 spiro atoms. The molecular weight excluding hydrogens is 350 g/mol. The van der Waals surface area contributed by atoms with Gasteiger partial charge in [-0.3, -0.25) is 9.69 Å². The summed E-state index contributed by atoms with van der Waals surface area (Å²) in [5, 5.41) is 3.39. The number of hydrogen-bond donors (Lipinski definition) is 1. The Morgan fingerprint density at radius 3 is 2.69 bits per heavy atom. The molecule has 2 fully saturated rings.